The number of carbonyl (C=O) groups excluding carboxylic acids is 1. The fraction of sp³-hybridized carbons (Fsp3) is 0.0526. The molecule has 4 rings (SSSR count). The minimum Gasteiger partial charge on any atom is -0.467 e. The molecule has 0 aliphatic rings. The molecular formula is C19H14N6O4. The molecule has 0 spiro atoms. The predicted molar refractivity (Wildman–Crippen MR) is 102 cm³/mol. The van der Waals surface area contributed by atoms with E-state index in [-0.39, 0.29) is 17.2 Å². The summed E-state index contributed by atoms with van der Waals surface area (Å²) in [5.74, 6) is 0.702. The number of non-ortho nitro benzene ring substituents is 1. The fourth-order valence-corrected chi connectivity index (χ4v) is 2.61. The van der Waals surface area contributed by atoms with Crippen LogP contribution in [0.1, 0.15) is 16.1 Å². The number of carbonyl (C=O) groups is 1. The van der Waals surface area contributed by atoms with Crippen molar-refractivity contribution in [3.63, 3.8) is 0 Å². The molecule has 0 unspecified atom stereocenters. The average molecular weight is 390 g/mol. The summed E-state index contributed by atoms with van der Waals surface area (Å²) in [6, 6.07) is 12.3. The Kier molecular flexibility index (Phi) is 4.81. The number of pyridine rings is 1. The molecule has 10 heteroatoms. The largest absolute Gasteiger partial charge is 0.467 e. The zero-order valence-electron chi connectivity index (χ0n) is 14.9. The van der Waals surface area contributed by atoms with Crippen molar-refractivity contribution >= 4 is 17.5 Å². The van der Waals surface area contributed by atoms with Crippen LogP contribution in [0.4, 0.5) is 11.6 Å². The SMILES string of the molecule is O=C(c1ccc([N+](=O)[O-])cc1)n1nc(-c2cccnc2)nc1NCc1ccco1. The van der Waals surface area contributed by atoms with Gasteiger partial charge in [-0.2, -0.15) is 9.67 Å². The van der Waals surface area contributed by atoms with E-state index in [9.17, 15) is 14.9 Å². The molecule has 1 aromatic carbocycles. The van der Waals surface area contributed by atoms with Gasteiger partial charge in [0.25, 0.3) is 11.6 Å². The van der Waals surface area contributed by atoms with E-state index in [2.05, 4.69) is 20.4 Å². The Morgan fingerprint density at radius 2 is 2.00 bits per heavy atom. The Bertz CT molecular complexity index is 1140. The summed E-state index contributed by atoms with van der Waals surface area (Å²) in [6.07, 6.45) is 4.76. The molecule has 0 aliphatic heterocycles. The maximum atomic E-state index is 13.0. The van der Waals surface area contributed by atoms with Crippen LogP contribution >= 0.6 is 0 Å². The van der Waals surface area contributed by atoms with E-state index in [1.54, 1.807) is 42.9 Å². The van der Waals surface area contributed by atoms with Crippen molar-refractivity contribution in [3.8, 4) is 11.4 Å². The van der Waals surface area contributed by atoms with E-state index in [0.29, 0.717) is 23.7 Å². The lowest BCUT2D eigenvalue weighted by Gasteiger charge is -2.06. The number of rotatable bonds is 6. The Morgan fingerprint density at radius 3 is 2.66 bits per heavy atom. The Balaban J connectivity index is 1.68. The smallest absolute Gasteiger partial charge is 0.281 e. The van der Waals surface area contributed by atoms with Crippen LogP contribution in [-0.2, 0) is 6.54 Å². The number of nitrogens with one attached hydrogen (secondary N) is 1. The summed E-state index contributed by atoms with van der Waals surface area (Å²) < 4.78 is 6.41. The number of nitrogens with zero attached hydrogens (tertiary/aromatic N) is 5. The fourth-order valence-electron chi connectivity index (χ4n) is 2.61. The van der Waals surface area contributed by atoms with Gasteiger partial charge in [0.05, 0.1) is 17.7 Å². The topological polar surface area (TPSA) is 129 Å². The van der Waals surface area contributed by atoms with Crippen molar-refractivity contribution in [1.29, 1.82) is 0 Å². The first-order chi connectivity index (χ1) is 14.1. The number of furan rings is 1. The van der Waals surface area contributed by atoms with Gasteiger partial charge >= 0.3 is 0 Å². The van der Waals surface area contributed by atoms with Crippen LogP contribution < -0.4 is 5.32 Å². The third-order valence-corrected chi connectivity index (χ3v) is 4.05. The molecule has 10 nitrogen and oxygen atoms in total. The molecule has 0 aliphatic carbocycles. The molecule has 3 aromatic heterocycles. The highest BCUT2D eigenvalue weighted by molar-refractivity contribution is 5.97. The zero-order valence-corrected chi connectivity index (χ0v) is 14.9. The first-order valence-corrected chi connectivity index (χ1v) is 8.54. The Labute approximate surface area is 164 Å². The lowest BCUT2D eigenvalue weighted by molar-refractivity contribution is -0.384. The third-order valence-electron chi connectivity index (χ3n) is 4.05. The molecule has 3 heterocycles. The summed E-state index contributed by atoms with van der Waals surface area (Å²) in [5, 5.41) is 18.2. The average Bonchev–Trinajstić information content (AvgIpc) is 3.42. The van der Waals surface area contributed by atoms with Crippen LogP contribution in [0.2, 0.25) is 0 Å². The van der Waals surface area contributed by atoms with Gasteiger partial charge in [-0.05, 0) is 36.4 Å². The van der Waals surface area contributed by atoms with Crippen molar-refractivity contribution in [2.24, 2.45) is 0 Å². The summed E-state index contributed by atoms with van der Waals surface area (Å²) >= 11 is 0. The number of anilines is 1. The molecule has 0 saturated heterocycles. The molecular weight excluding hydrogens is 376 g/mol. The van der Waals surface area contributed by atoms with Gasteiger partial charge in [0.15, 0.2) is 5.82 Å². The summed E-state index contributed by atoms with van der Waals surface area (Å²) in [5.41, 5.74) is 0.774. The highest BCUT2D eigenvalue weighted by atomic mass is 16.6. The van der Waals surface area contributed by atoms with Crippen LogP contribution in [0.3, 0.4) is 0 Å². The van der Waals surface area contributed by atoms with E-state index in [4.69, 9.17) is 4.42 Å². The predicted octanol–water partition coefficient (Wildman–Crippen LogP) is 3.14. The van der Waals surface area contributed by atoms with Gasteiger partial charge in [-0.3, -0.25) is 19.9 Å². The second kappa shape index (κ2) is 7.72. The summed E-state index contributed by atoms with van der Waals surface area (Å²) in [6.45, 7) is 0.297. The van der Waals surface area contributed by atoms with Crippen molar-refractivity contribution in [2.45, 2.75) is 6.54 Å². The van der Waals surface area contributed by atoms with E-state index >= 15 is 0 Å². The second-order valence-corrected chi connectivity index (χ2v) is 5.95. The minimum absolute atomic E-state index is 0.104. The number of nitro groups is 1. The standard InChI is InChI=1S/C19H14N6O4/c26-18(13-5-7-15(8-6-13)25(27)28)24-19(21-12-16-4-2-10-29-16)22-17(23-24)14-3-1-9-20-11-14/h1-11H,12H2,(H,21,22,23). The lowest BCUT2D eigenvalue weighted by Crippen LogP contribution is -2.17. The maximum absolute atomic E-state index is 13.0. The molecule has 0 bridgehead atoms. The van der Waals surface area contributed by atoms with Gasteiger partial charge in [0.1, 0.15) is 5.76 Å². The molecule has 29 heavy (non-hydrogen) atoms. The first-order valence-electron chi connectivity index (χ1n) is 8.54. The minimum atomic E-state index is -0.527. The van der Waals surface area contributed by atoms with Crippen molar-refractivity contribution in [3.05, 3.63) is 88.6 Å². The van der Waals surface area contributed by atoms with E-state index in [1.165, 1.54) is 24.3 Å². The van der Waals surface area contributed by atoms with E-state index in [0.717, 1.165) is 4.68 Å². The second-order valence-electron chi connectivity index (χ2n) is 5.95. The Hall–Kier alpha value is -4.34. The molecule has 144 valence electrons. The third kappa shape index (κ3) is 3.86. The van der Waals surface area contributed by atoms with Gasteiger partial charge in [0.2, 0.25) is 5.95 Å². The number of aromatic nitrogens is 4. The van der Waals surface area contributed by atoms with E-state index < -0.39 is 10.8 Å². The molecule has 0 amide bonds. The maximum Gasteiger partial charge on any atom is 0.281 e. The highest BCUT2D eigenvalue weighted by Gasteiger charge is 2.20. The Morgan fingerprint density at radius 1 is 1.17 bits per heavy atom. The molecule has 0 fully saturated rings. The van der Waals surface area contributed by atoms with Crippen LogP contribution in [0, 0.1) is 10.1 Å². The molecule has 0 saturated carbocycles. The van der Waals surface area contributed by atoms with Gasteiger partial charge < -0.3 is 9.73 Å². The summed E-state index contributed by atoms with van der Waals surface area (Å²) in [4.78, 5) is 31.7. The number of hydrogen-bond donors (Lipinski definition) is 1. The highest BCUT2D eigenvalue weighted by Crippen LogP contribution is 2.20. The van der Waals surface area contributed by atoms with Gasteiger partial charge in [-0.1, -0.05) is 0 Å². The van der Waals surface area contributed by atoms with Crippen LogP contribution in [0.25, 0.3) is 11.4 Å². The number of nitro benzene ring substituents is 1. The van der Waals surface area contributed by atoms with Gasteiger partial charge in [-0.15, -0.1) is 5.10 Å². The monoisotopic (exact) mass is 390 g/mol. The normalized spacial score (nSPS) is 10.6. The quantitative estimate of drug-likeness (QED) is 0.393. The van der Waals surface area contributed by atoms with Gasteiger partial charge in [-0.25, -0.2) is 0 Å². The first kappa shape index (κ1) is 18.0. The molecule has 1 N–H and O–H groups in total. The van der Waals surface area contributed by atoms with Gasteiger partial charge in [0, 0.05) is 35.7 Å². The number of benzene rings is 1. The van der Waals surface area contributed by atoms with Crippen molar-refractivity contribution in [1.82, 2.24) is 19.7 Å². The number of hydrogen-bond acceptors (Lipinski definition) is 8. The van der Waals surface area contributed by atoms with Crippen LogP contribution in [0.5, 0.6) is 0 Å². The summed E-state index contributed by atoms with van der Waals surface area (Å²) in [7, 11) is 0. The molecule has 4 aromatic rings. The molecule has 0 radical (unpaired) electrons. The van der Waals surface area contributed by atoms with Crippen molar-refractivity contribution < 1.29 is 14.1 Å². The van der Waals surface area contributed by atoms with E-state index in [1.807, 2.05) is 0 Å². The van der Waals surface area contributed by atoms with Crippen LogP contribution in [0.15, 0.2) is 71.6 Å². The van der Waals surface area contributed by atoms with Crippen molar-refractivity contribution in [2.75, 3.05) is 5.32 Å². The molecule has 0 atom stereocenters. The van der Waals surface area contributed by atoms with Crippen LogP contribution in [-0.4, -0.2) is 30.6 Å². The zero-order chi connectivity index (χ0) is 20.2. The lowest BCUT2D eigenvalue weighted by atomic mass is 10.2.